The van der Waals surface area contributed by atoms with Crippen LogP contribution in [0.25, 0.3) is 5.57 Å². The zero-order valence-electron chi connectivity index (χ0n) is 23.4. The molecular weight excluding hydrogens is 535 g/mol. The van der Waals surface area contributed by atoms with Gasteiger partial charge in [0.2, 0.25) is 0 Å². The van der Waals surface area contributed by atoms with Gasteiger partial charge in [-0.3, -0.25) is 9.78 Å². The number of aromatic nitrogens is 1. The summed E-state index contributed by atoms with van der Waals surface area (Å²) in [6.45, 7) is 0.101. The molecule has 1 atom stereocenters. The number of aliphatic hydroxyl groups is 1. The Morgan fingerprint density at radius 2 is 2.05 bits per heavy atom. The lowest BCUT2D eigenvalue weighted by molar-refractivity contribution is 0.0985. The van der Waals surface area contributed by atoms with Gasteiger partial charge in [-0.25, -0.2) is 9.38 Å². The number of benzene rings is 2. The summed E-state index contributed by atoms with van der Waals surface area (Å²) in [6.07, 6.45) is 7.22. The third-order valence-electron chi connectivity index (χ3n) is 8.13. The van der Waals surface area contributed by atoms with Crippen molar-refractivity contribution in [3.05, 3.63) is 100 Å². The van der Waals surface area contributed by atoms with Crippen molar-refractivity contribution in [1.82, 2.24) is 15.6 Å². The van der Waals surface area contributed by atoms with Crippen LogP contribution in [0.5, 0.6) is 5.75 Å². The normalized spacial score (nSPS) is 19.3. The number of hydrogen-bond donors (Lipinski definition) is 3. The number of aliphatic hydroxyl groups excluding tert-OH is 1. The van der Waals surface area contributed by atoms with Crippen LogP contribution in [0.4, 0.5) is 15.8 Å². The van der Waals surface area contributed by atoms with Gasteiger partial charge in [-0.15, -0.1) is 0 Å². The summed E-state index contributed by atoms with van der Waals surface area (Å²) >= 11 is 0. The van der Waals surface area contributed by atoms with Crippen LogP contribution in [0, 0.1) is 5.82 Å². The molecule has 3 aliphatic heterocycles. The van der Waals surface area contributed by atoms with Crippen LogP contribution < -0.4 is 25.2 Å². The van der Waals surface area contributed by atoms with Gasteiger partial charge in [0.15, 0.2) is 12.0 Å². The molecule has 1 aliphatic carbocycles. The van der Waals surface area contributed by atoms with E-state index in [1.54, 1.807) is 18.3 Å². The lowest BCUT2D eigenvalue weighted by atomic mass is 9.94. The van der Waals surface area contributed by atoms with E-state index in [2.05, 4.69) is 15.6 Å². The maximum Gasteiger partial charge on any atom is 0.265 e. The standard InChI is InChI=1S/C32H31FN6O3/c1-38(2)20-8-9-25(35-16-20)30-36-29-22(10-11-34-31(29)37-30)21-4-3-5-26(23(21)17-40)39-12-13-42-27-15-19(18-6-7-18)14-24(33)28(27)32(39)41/h3-5,8-11,14-16,18,31,34,40H,6-7,12-13,17H2,1-2H3,(H,36,37). The summed E-state index contributed by atoms with van der Waals surface area (Å²) < 4.78 is 21.2. The number of aliphatic imine (C=N–C) groups is 1. The van der Waals surface area contributed by atoms with Gasteiger partial charge in [0.1, 0.15) is 29.4 Å². The molecule has 4 aliphatic rings. The van der Waals surface area contributed by atoms with Crippen LogP contribution in [0.15, 0.2) is 71.6 Å². The van der Waals surface area contributed by atoms with Gasteiger partial charge in [-0.1, -0.05) is 12.1 Å². The van der Waals surface area contributed by atoms with Crippen molar-refractivity contribution in [3.8, 4) is 5.75 Å². The minimum atomic E-state index is -0.575. The number of allylic oxidation sites excluding steroid dienone is 2. The van der Waals surface area contributed by atoms with Crippen molar-refractivity contribution in [3.63, 3.8) is 0 Å². The van der Waals surface area contributed by atoms with Crippen molar-refractivity contribution in [2.24, 2.45) is 4.99 Å². The van der Waals surface area contributed by atoms with Crippen LogP contribution in [-0.4, -0.2) is 55.2 Å². The number of amides is 1. The van der Waals surface area contributed by atoms with Crippen LogP contribution in [0.2, 0.25) is 0 Å². The molecule has 4 heterocycles. The van der Waals surface area contributed by atoms with E-state index in [1.165, 1.54) is 11.0 Å². The second kappa shape index (κ2) is 10.3. The van der Waals surface area contributed by atoms with E-state index in [9.17, 15) is 9.90 Å². The molecule has 3 N–H and O–H groups in total. The van der Waals surface area contributed by atoms with Crippen molar-refractivity contribution in [2.45, 2.75) is 31.5 Å². The maximum atomic E-state index is 15.3. The number of ether oxygens (including phenoxy) is 1. The first-order chi connectivity index (χ1) is 20.4. The number of anilines is 2. The molecule has 9 nitrogen and oxygen atoms in total. The first kappa shape index (κ1) is 26.2. The second-order valence-electron chi connectivity index (χ2n) is 11.0. The lowest BCUT2D eigenvalue weighted by Crippen LogP contribution is -2.34. The molecule has 0 radical (unpaired) electrons. The fourth-order valence-corrected chi connectivity index (χ4v) is 5.76. The second-order valence-corrected chi connectivity index (χ2v) is 11.0. The van der Waals surface area contributed by atoms with Gasteiger partial charge >= 0.3 is 0 Å². The molecule has 1 unspecified atom stereocenters. The molecule has 10 heteroatoms. The Hall–Kier alpha value is -4.70. The molecular formula is C32H31FN6O3. The van der Waals surface area contributed by atoms with Gasteiger partial charge in [-0.05, 0) is 72.5 Å². The summed E-state index contributed by atoms with van der Waals surface area (Å²) in [5, 5.41) is 17.3. The average molecular weight is 567 g/mol. The Bertz CT molecular complexity index is 1680. The fraction of sp³-hybridized carbons (Fsp3) is 0.281. The van der Waals surface area contributed by atoms with Gasteiger partial charge in [0.25, 0.3) is 5.91 Å². The van der Waals surface area contributed by atoms with Gasteiger partial charge in [0, 0.05) is 25.2 Å². The number of carbonyl (C=O) groups excluding carboxylic acids is 1. The minimum Gasteiger partial charge on any atom is -0.491 e. The van der Waals surface area contributed by atoms with E-state index in [0.29, 0.717) is 28.7 Å². The molecule has 1 fully saturated rings. The summed E-state index contributed by atoms with van der Waals surface area (Å²) in [4.78, 5) is 26.7. The highest BCUT2D eigenvalue weighted by Gasteiger charge is 2.34. The van der Waals surface area contributed by atoms with Crippen molar-refractivity contribution in [1.29, 1.82) is 0 Å². The Labute approximate surface area is 243 Å². The van der Waals surface area contributed by atoms with Gasteiger partial charge < -0.3 is 30.3 Å². The highest BCUT2D eigenvalue weighted by Crippen LogP contribution is 2.43. The van der Waals surface area contributed by atoms with Crippen molar-refractivity contribution < 1.29 is 19.0 Å². The number of dihydropyridines is 1. The molecule has 3 aromatic rings. The number of nitrogens with zero attached hydrogens (tertiary/aromatic N) is 4. The average Bonchev–Trinajstić information content (AvgIpc) is 3.78. The van der Waals surface area contributed by atoms with Crippen LogP contribution in [-0.2, 0) is 6.61 Å². The first-order valence-electron chi connectivity index (χ1n) is 14.1. The molecule has 7 rings (SSSR count). The molecule has 1 amide bonds. The smallest absolute Gasteiger partial charge is 0.265 e. The molecule has 42 heavy (non-hydrogen) atoms. The predicted molar refractivity (Wildman–Crippen MR) is 159 cm³/mol. The Morgan fingerprint density at radius 1 is 1.19 bits per heavy atom. The molecule has 0 bridgehead atoms. The Kier molecular flexibility index (Phi) is 6.42. The minimum absolute atomic E-state index is 0.0710. The summed E-state index contributed by atoms with van der Waals surface area (Å²) in [5.41, 5.74) is 5.95. The van der Waals surface area contributed by atoms with E-state index >= 15 is 4.39 Å². The van der Waals surface area contributed by atoms with Crippen LogP contribution >= 0.6 is 0 Å². The SMILES string of the molecule is CN(C)c1ccc(C2=NC3NC=CC(c4cccc(N5CCOc6cc(C7CC7)cc(F)c6C5=O)c4CO)=C3N2)nc1. The Morgan fingerprint density at radius 3 is 2.79 bits per heavy atom. The van der Waals surface area contributed by atoms with Gasteiger partial charge in [0.05, 0.1) is 36.4 Å². The predicted octanol–water partition coefficient (Wildman–Crippen LogP) is 3.90. The molecule has 0 spiro atoms. The summed E-state index contributed by atoms with van der Waals surface area (Å²) in [7, 11) is 3.92. The van der Waals surface area contributed by atoms with Crippen LogP contribution in [0.3, 0.4) is 0 Å². The quantitative estimate of drug-likeness (QED) is 0.416. The van der Waals surface area contributed by atoms with Crippen molar-refractivity contribution >= 4 is 28.7 Å². The largest absolute Gasteiger partial charge is 0.491 e. The molecule has 2 aromatic carbocycles. The highest BCUT2D eigenvalue weighted by atomic mass is 19.1. The maximum absolute atomic E-state index is 15.3. The third-order valence-corrected chi connectivity index (χ3v) is 8.13. The number of carbonyl (C=O) groups is 1. The number of fused-ring (bicyclic) bond motifs is 2. The Balaban J connectivity index is 1.24. The van der Waals surface area contributed by atoms with E-state index in [1.807, 2.05) is 55.5 Å². The monoisotopic (exact) mass is 566 g/mol. The van der Waals surface area contributed by atoms with Crippen molar-refractivity contribution in [2.75, 3.05) is 37.0 Å². The first-order valence-corrected chi connectivity index (χ1v) is 14.1. The number of hydrogen-bond acceptors (Lipinski definition) is 8. The van der Waals surface area contributed by atoms with E-state index in [-0.39, 0.29) is 37.2 Å². The third kappa shape index (κ3) is 4.48. The molecule has 1 saturated carbocycles. The van der Waals surface area contributed by atoms with E-state index < -0.39 is 11.7 Å². The number of nitrogens with one attached hydrogen (secondary N) is 2. The topological polar surface area (TPSA) is 102 Å². The molecule has 214 valence electrons. The zero-order chi connectivity index (χ0) is 29.0. The highest BCUT2D eigenvalue weighted by molar-refractivity contribution is 6.09. The van der Waals surface area contributed by atoms with E-state index in [0.717, 1.165) is 40.9 Å². The van der Waals surface area contributed by atoms with E-state index in [4.69, 9.17) is 9.73 Å². The van der Waals surface area contributed by atoms with Crippen LogP contribution in [0.1, 0.15) is 51.5 Å². The summed E-state index contributed by atoms with van der Waals surface area (Å²) in [6, 6.07) is 12.7. The molecule has 1 aromatic heterocycles. The molecule has 0 saturated heterocycles. The number of rotatable bonds is 6. The number of pyridine rings is 1. The lowest BCUT2D eigenvalue weighted by Gasteiger charge is -2.26. The summed E-state index contributed by atoms with van der Waals surface area (Å²) in [5.74, 6) is 0.191. The number of halogens is 1. The number of amidine groups is 1. The fourth-order valence-electron chi connectivity index (χ4n) is 5.76. The van der Waals surface area contributed by atoms with Gasteiger partial charge in [-0.2, -0.15) is 0 Å². The zero-order valence-corrected chi connectivity index (χ0v) is 23.4.